The first-order valence-electron chi connectivity index (χ1n) is 5.15. The highest BCUT2D eigenvalue weighted by molar-refractivity contribution is 5.95. The normalized spacial score (nSPS) is 10.9. The zero-order valence-corrected chi connectivity index (χ0v) is 8.85. The number of nitrogen functional groups attached to an aromatic ring is 1. The molecule has 0 radical (unpaired) electrons. The van der Waals surface area contributed by atoms with E-state index in [4.69, 9.17) is 10.3 Å². The van der Waals surface area contributed by atoms with Crippen molar-refractivity contribution >= 4 is 16.6 Å². The van der Waals surface area contributed by atoms with Gasteiger partial charge in [0.1, 0.15) is 5.82 Å². The molecule has 1 heterocycles. The van der Waals surface area contributed by atoms with E-state index in [1.54, 1.807) is 24.3 Å². The van der Waals surface area contributed by atoms with Crippen LogP contribution in [-0.4, -0.2) is 5.16 Å². The van der Waals surface area contributed by atoms with E-state index in [1.165, 1.54) is 6.07 Å². The van der Waals surface area contributed by atoms with E-state index in [1.807, 2.05) is 12.1 Å². The summed E-state index contributed by atoms with van der Waals surface area (Å²) in [4.78, 5) is 0. The van der Waals surface area contributed by atoms with Crippen molar-refractivity contribution in [2.75, 3.05) is 5.73 Å². The average Bonchev–Trinajstić information content (AvgIpc) is 2.77. The number of halogens is 1. The van der Waals surface area contributed by atoms with Crippen LogP contribution in [0.2, 0.25) is 0 Å². The van der Waals surface area contributed by atoms with Crippen LogP contribution in [0.4, 0.5) is 10.2 Å². The monoisotopic (exact) mass is 228 g/mol. The minimum Gasteiger partial charge on any atom is -0.381 e. The Labute approximate surface area is 96.6 Å². The number of benzene rings is 2. The fourth-order valence-corrected chi connectivity index (χ4v) is 1.89. The van der Waals surface area contributed by atoms with Crippen LogP contribution in [0.1, 0.15) is 0 Å². The number of nitrogens with two attached hydrogens (primary N) is 1. The van der Waals surface area contributed by atoms with Gasteiger partial charge in [-0.25, -0.2) is 4.39 Å². The first-order valence-corrected chi connectivity index (χ1v) is 5.15. The molecule has 84 valence electrons. The molecule has 1 aromatic heterocycles. The Bertz CT molecular complexity index is 691. The fourth-order valence-electron chi connectivity index (χ4n) is 1.89. The van der Waals surface area contributed by atoms with Gasteiger partial charge in [0, 0.05) is 17.0 Å². The third-order valence-corrected chi connectivity index (χ3v) is 2.66. The predicted octanol–water partition coefficient (Wildman–Crippen LogP) is 3.22. The van der Waals surface area contributed by atoms with Gasteiger partial charge in [-0.1, -0.05) is 29.4 Å². The minimum atomic E-state index is -0.253. The van der Waals surface area contributed by atoms with E-state index in [-0.39, 0.29) is 5.82 Å². The summed E-state index contributed by atoms with van der Waals surface area (Å²) in [6, 6.07) is 11.9. The van der Waals surface area contributed by atoms with Crippen LogP contribution < -0.4 is 5.73 Å². The summed E-state index contributed by atoms with van der Waals surface area (Å²) in [6.45, 7) is 0. The molecule has 0 aliphatic rings. The third kappa shape index (κ3) is 1.54. The molecule has 3 nitrogen and oxygen atoms in total. The molecule has 0 aliphatic carbocycles. The molecule has 0 unspecified atom stereocenters. The largest absolute Gasteiger partial charge is 0.381 e. The number of hydrogen-bond acceptors (Lipinski definition) is 3. The molecule has 0 saturated heterocycles. The van der Waals surface area contributed by atoms with Crippen LogP contribution in [0, 0.1) is 5.82 Å². The Morgan fingerprint density at radius 3 is 2.53 bits per heavy atom. The Morgan fingerprint density at radius 2 is 1.82 bits per heavy atom. The predicted molar refractivity (Wildman–Crippen MR) is 63.8 cm³/mol. The van der Waals surface area contributed by atoms with Crippen LogP contribution in [0.25, 0.3) is 22.1 Å². The van der Waals surface area contributed by atoms with Gasteiger partial charge in [0.15, 0.2) is 11.6 Å². The molecular weight excluding hydrogens is 219 g/mol. The van der Waals surface area contributed by atoms with Gasteiger partial charge in [0.25, 0.3) is 0 Å². The molecular formula is C13H9FN2O. The number of aromatic nitrogens is 1. The maximum atomic E-state index is 13.6. The van der Waals surface area contributed by atoms with E-state index >= 15 is 0 Å². The molecule has 0 atom stereocenters. The van der Waals surface area contributed by atoms with Crippen LogP contribution in [-0.2, 0) is 0 Å². The summed E-state index contributed by atoms with van der Waals surface area (Å²) in [5, 5.41) is 4.97. The molecule has 3 rings (SSSR count). The lowest BCUT2D eigenvalue weighted by Crippen LogP contribution is -1.83. The topological polar surface area (TPSA) is 52.0 Å². The van der Waals surface area contributed by atoms with Gasteiger partial charge in [0.2, 0.25) is 0 Å². The zero-order chi connectivity index (χ0) is 11.8. The van der Waals surface area contributed by atoms with E-state index in [9.17, 15) is 4.39 Å². The highest BCUT2D eigenvalue weighted by Crippen LogP contribution is 2.30. The van der Waals surface area contributed by atoms with E-state index in [0.717, 1.165) is 10.9 Å². The van der Waals surface area contributed by atoms with Gasteiger partial charge < -0.3 is 10.3 Å². The van der Waals surface area contributed by atoms with Gasteiger partial charge in [-0.2, -0.15) is 0 Å². The maximum Gasteiger partial charge on any atom is 0.169 e. The lowest BCUT2D eigenvalue weighted by Gasteiger charge is -2.03. The number of anilines is 1. The number of rotatable bonds is 1. The smallest absolute Gasteiger partial charge is 0.169 e. The highest BCUT2D eigenvalue weighted by Gasteiger charge is 2.10. The van der Waals surface area contributed by atoms with E-state index in [0.29, 0.717) is 17.0 Å². The van der Waals surface area contributed by atoms with Crippen molar-refractivity contribution < 1.29 is 8.91 Å². The first kappa shape index (κ1) is 9.84. The molecule has 17 heavy (non-hydrogen) atoms. The summed E-state index contributed by atoms with van der Waals surface area (Å²) in [5.74, 6) is 0.601. The highest BCUT2D eigenvalue weighted by atomic mass is 19.1. The van der Waals surface area contributed by atoms with E-state index in [2.05, 4.69) is 5.16 Å². The quantitative estimate of drug-likeness (QED) is 0.695. The summed E-state index contributed by atoms with van der Waals surface area (Å²) >= 11 is 0. The van der Waals surface area contributed by atoms with Gasteiger partial charge >= 0.3 is 0 Å². The molecule has 3 aromatic rings. The Kier molecular flexibility index (Phi) is 2.08. The second-order valence-electron chi connectivity index (χ2n) is 3.76. The second kappa shape index (κ2) is 3.59. The van der Waals surface area contributed by atoms with Crippen molar-refractivity contribution in [1.29, 1.82) is 0 Å². The zero-order valence-electron chi connectivity index (χ0n) is 8.85. The molecule has 0 spiro atoms. The van der Waals surface area contributed by atoms with Crippen molar-refractivity contribution in [2.45, 2.75) is 0 Å². The van der Waals surface area contributed by atoms with Crippen molar-refractivity contribution in [3.8, 4) is 11.3 Å². The number of hydrogen-bond donors (Lipinski definition) is 1. The molecule has 4 heteroatoms. The summed E-state index contributed by atoms with van der Waals surface area (Å²) in [7, 11) is 0. The second-order valence-corrected chi connectivity index (χ2v) is 3.76. The van der Waals surface area contributed by atoms with Crippen LogP contribution in [0.15, 0.2) is 47.0 Å². The summed E-state index contributed by atoms with van der Waals surface area (Å²) < 4.78 is 18.7. The van der Waals surface area contributed by atoms with Crippen molar-refractivity contribution in [1.82, 2.24) is 5.16 Å². The third-order valence-electron chi connectivity index (χ3n) is 2.66. The van der Waals surface area contributed by atoms with E-state index < -0.39 is 0 Å². The summed E-state index contributed by atoms with van der Waals surface area (Å²) in [6.07, 6.45) is 0. The molecule has 0 fully saturated rings. The molecule has 2 aromatic carbocycles. The minimum absolute atomic E-state index is 0.253. The maximum absolute atomic E-state index is 13.6. The fraction of sp³-hybridized carbons (Fsp3) is 0. The van der Waals surface area contributed by atoms with Crippen LogP contribution in [0.5, 0.6) is 0 Å². The van der Waals surface area contributed by atoms with Gasteiger partial charge in [-0.15, -0.1) is 0 Å². The SMILES string of the molecule is Nc1cc(-c2ccc(F)c3ccccc23)on1. The first-order chi connectivity index (χ1) is 8.25. The number of fused-ring (bicyclic) bond motifs is 1. The van der Waals surface area contributed by atoms with Crippen molar-refractivity contribution in [3.05, 3.63) is 48.3 Å². The Balaban J connectivity index is 2.34. The molecule has 0 saturated carbocycles. The van der Waals surface area contributed by atoms with Gasteiger partial charge in [-0.05, 0) is 17.5 Å². The molecule has 0 amide bonds. The van der Waals surface area contributed by atoms with Gasteiger partial charge in [-0.3, -0.25) is 0 Å². The van der Waals surface area contributed by atoms with Crippen LogP contribution in [0.3, 0.4) is 0 Å². The standard InChI is InChI=1S/C13H9FN2O/c14-11-6-5-10(12-7-13(15)16-17-12)8-3-1-2-4-9(8)11/h1-7H,(H2,15,16). The lowest BCUT2D eigenvalue weighted by atomic mass is 10.0. The number of nitrogens with zero attached hydrogens (tertiary/aromatic N) is 1. The Hall–Kier alpha value is -2.36. The Morgan fingerprint density at radius 1 is 1.06 bits per heavy atom. The average molecular weight is 228 g/mol. The van der Waals surface area contributed by atoms with Gasteiger partial charge in [0.05, 0.1) is 0 Å². The summed E-state index contributed by atoms with van der Waals surface area (Å²) in [5.41, 5.74) is 6.29. The van der Waals surface area contributed by atoms with Crippen molar-refractivity contribution in [2.24, 2.45) is 0 Å². The molecule has 0 aliphatic heterocycles. The van der Waals surface area contributed by atoms with Crippen LogP contribution >= 0.6 is 0 Å². The van der Waals surface area contributed by atoms with Crippen molar-refractivity contribution in [3.63, 3.8) is 0 Å². The molecule has 2 N–H and O–H groups in total. The molecule has 0 bridgehead atoms. The lowest BCUT2D eigenvalue weighted by molar-refractivity contribution is 0.436.